The highest BCUT2D eigenvalue weighted by Gasteiger charge is 2.17. The van der Waals surface area contributed by atoms with E-state index >= 15 is 0 Å². The van der Waals surface area contributed by atoms with Crippen molar-refractivity contribution < 1.29 is 13.9 Å². The van der Waals surface area contributed by atoms with Crippen LogP contribution in [0.15, 0.2) is 30.3 Å². The van der Waals surface area contributed by atoms with Crippen molar-refractivity contribution in [2.45, 2.75) is 25.8 Å². The van der Waals surface area contributed by atoms with Gasteiger partial charge in [-0.05, 0) is 54.3 Å². The van der Waals surface area contributed by atoms with Crippen molar-refractivity contribution >= 4 is 35.6 Å². The number of aryl methyl sites for hydroxylation is 1. The summed E-state index contributed by atoms with van der Waals surface area (Å²) in [6.07, 6.45) is 1.40. The molecule has 4 nitrogen and oxygen atoms in total. The summed E-state index contributed by atoms with van der Waals surface area (Å²) in [5.41, 5.74) is 2.82. The molecule has 0 bridgehead atoms. The van der Waals surface area contributed by atoms with Crippen LogP contribution >= 0.6 is 24.0 Å². The maximum absolute atomic E-state index is 14.5. The fraction of sp³-hybridized carbons (Fsp3) is 0.316. The zero-order chi connectivity index (χ0) is 17.8. The number of fused-ring (bicyclic) bond motifs is 1. The van der Waals surface area contributed by atoms with E-state index in [4.69, 9.17) is 16.3 Å². The Balaban J connectivity index is 0.00000243. The zero-order valence-electron chi connectivity index (χ0n) is 14.4. The summed E-state index contributed by atoms with van der Waals surface area (Å²) in [4.78, 5) is 12.2. The van der Waals surface area contributed by atoms with Crippen LogP contribution in [-0.2, 0) is 24.2 Å². The lowest BCUT2D eigenvalue weighted by atomic mass is 9.99. The lowest BCUT2D eigenvalue weighted by Crippen LogP contribution is -2.25. The van der Waals surface area contributed by atoms with Gasteiger partial charge >= 0.3 is 0 Å². The van der Waals surface area contributed by atoms with Crippen molar-refractivity contribution in [1.82, 2.24) is 5.32 Å². The summed E-state index contributed by atoms with van der Waals surface area (Å²) >= 11 is 6.08. The highest BCUT2D eigenvalue weighted by molar-refractivity contribution is 6.32. The van der Waals surface area contributed by atoms with Gasteiger partial charge < -0.3 is 15.4 Å². The molecule has 1 heterocycles. The fourth-order valence-corrected chi connectivity index (χ4v) is 3.25. The number of hydrogen-bond acceptors (Lipinski definition) is 3. The maximum Gasteiger partial charge on any atom is 0.224 e. The second-order valence-corrected chi connectivity index (χ2v) is 6.42. The molecule has 140 valence electrons. The largest absolute Gasteiger partial charge is 0.495 e. The molecule has 7 heteroatoms. The molecule has 0 unspecified atom stereocenters. The number of rotatable bonds is 5. The predicted octanol–water partition coefficient (Wildman–Crippen LogP) is 4.13. The van der Waals surface area contributed by atoms with Gasteiger partial charge in [-0.15, -0.1) is 12.4 Å². The van der Waals surface area contributed by atoms with Crippen LogP contribution in [0.1, 0.15) is 23.1 Å². The quantitative estimate of drug-likeness (QED) is 0.795. The monoisotopic (exact) mass is 398 g/mol. The fourth-order valence-electron chi connectivity index (χ4n) is 2.97. The van der Waals surface area contributed by atoms with Crippen molar-refractivity contribution in [2.24, 2.45) is 0 Å². The van der Waals surface area contributed by atoms with E-state index in [1.165, 1.54) is 0 Å². The Hall–Kier alpha value is -1.82. The van der Waals surface area contributed by atoms with Crippen molar-refractivity contribution in [1.29, 1.82) is 0 Å². The molecular formula is C19H21Cl2FN2O2. The van der Waals surface area contributed by atoms with Crippen molar-refractivity contribution in [2.75, 3.05) is 19.0 Å². The summed E-state index contributed by atoms with van der Waals surface area (Å²) in [6.45, 7) is 1.41. The van der Waals surface area contributed by atoms with Crippen LogP contribution < -0.4 is 15.4 Å². The van der Waals surface area contributed by atoms with Gasteiger partial charge in [0.1, 0.15) is 11.6 Å². The molecule has 0 spiro atoms. The Morgan fingerprint density at radius 3 is 2.88 bits per heavy atom. The van der Waals surface area contributed by atoms with E-state index in [9.17, 15) is 9.18 Å². The molecule has 0 radical (unpaired) electrons. The second kappa shape index (κ2) is 9.21. The van der Waals surface area contributed by atoms with Gasteiger partial charge in [-0.2, -0.15) is 0 Å². The molecule has 26 heavy (non-hydrogen) atoms. The zero-order valence-corrected chi connectivity index (χ0v) is 16.0. The smallest absolute Gasteiger partial charge is 0.224 e. The van der Waals surface area contributed by atoms with E-state index in [0.29, 0.717) is 35.7 Å². The molecule has 2 aromatic carbocycles. The van der Waals surface area contributed by atoms with E-state index in [2.05, 4.69) is 10.6 Å². The predicted molar refractivity (Wildman–Crippen MR) is 104 cm³/mol. The van der Waals surface area contributed by atoms with Gasteiger partial charge in [-0.1, -0.05) is 23.7 Å². The Kier molecular flexibility index (Phi) is 7.26. The summed E-state index contributed by atoms with van der Waals surface area (Å²) in [5, 5.41) is 6.39. The number of ether oxygens (including phenoxy) is 1. The molecule has 3 rings (SSSR count). The van der Waals surface area contributed by atoms with Crippen molar-refractivity contribution in [3.63, 3.8) is 0 Å². The first-order chi connectivity index (χ1) is 12.1. The number of benzene rings is 2. The van der Waals surface area contributed by atoms with Gasteiger partial charge in [0.05, 0.1) is 17.8 Å². The standard InChI is InChI=1S/C19H20ClFN2O2.ClH/c1-25-17-6-2-12(10-15(17)20)3-7-18(24)23-16-5-4-13-11-22-9-8-14(13)19(16)21;/h2,4-6,10,22H,3,7-9,11H2,1H3,(H,23,24);1H. The number of carbonyl (C=O) groups is 1. The Bertz CT molecular complexity index is 799. The summed E-state index contributed by atoms with van der Waals surface area (Å²) < 4.78 is 19.6. The van der Waals surface area contributed by atoms with Gasteiger partial charge in [0, 0.05) is 13.0 Å². The Labute approximate surface area is 163 Å². The average Bonchev–Trinajstić information content (AvgIpc) is 2.63. The lowest BCUT2D eigenvalue weighted by molar-refractivity contribution is -0.116. The number of nitrogens with one attached hydrogen (secondary N) is 2. The average molecular weight is 399 g/mol. The molecule has 0 fully saturated rings. The molecule has 0 atom stereocenters. The highest BCUT2D eigenvalue weighted by Crippen LogP contribution is 2.26. The minimum Gasteiger partial charge on any atom is -0.495 e. The summed E-state index contributed by atoms with van der Waals surface area (Å²) in [7, 11) is 1.55. The highest BCUT2D eigenvalue weighted by atomic mass is 35.5. The van der Waals surface area contributed by atoms with Crippen LogP contribution in [0.3, 0.4) is 0 Å². The van der Waals surface area contributed by atoms with E-state index in [1.807, 2.05) is 12.1 Å². The Morgan fingerprint density at radius 2 is 2.15 bits per heavy atom. The van der Waals surface area contributed by atoms with Crippen LogP contribution in [0.4, 0.5) is 10.1 Å². The topological polar surface area (TPSA) is 50.4 Å². The molecule has 0 aliphatic carbocycles. The lowest BCUT2D eigenvalue weighted by Gasteiger charge is -2.19. The third kappa shape index (κ3) is 4.67. The first-order valence-corrected chi connectivity index (χ1v) is 8.59. The molecular weight excluding hydrogens is 378 g/mol. The van der Waals surface area contributed by atoms with Gasteiger partial charge in [0.2, 0.25) is 5.91 Å². The first-order valence-electron chi connectivity index (χ1n) is 8.21. The second-order valence-electron chi connectivity index (χ2n) is 6.01. The first kappa shape index (κ1) is 20.5. The minimum absolute atomic E-state index is 0. The molecule has 1 aliphatic heterocycles. The normalized spacial score (nSPS) is 12.7. The van der Waals surface area contributed by atoms with Gasteiger partial charge in [0.15, 0.2) is 0 Å². The molecule has 2 aromatic rings. The third-order valence-corrected chi connectivity index (χ3v) is 4.63. The van der Waals surface area contributed by atoms with Crippen LogP contribution in [0.5, 0.6) is 5.75 Å². The third-order valence-electron chi connectivity index (χ3n) is 4.34. The number of halogens is 3. The van der Waals surface area contributed by atoms with Crippen molar-refractivity contribution in [3.05, 3.63) is 57.9 Å². The number of amides is 1. The molecule has 1 amide bonds. The van der Waals surface area contributed by atoms with Crippen LogP contribution in [0.2, 0.25) is 5.02 Å². The molecule has 0 aromatic heterocycles. The summed E-state index contributed by atoms with van der Waals surface area (Å²) in [6, 6.07) is 8.91. The van der Waals surface area contributed by atoms with Gasteiger partial charge in [0.25, 0.3) is 0 Å². The molecule has 2 N–H and O–H groups in total. The number of hydrogen-bond donors (Lipinski definition) is 2. The van der Waals surface area contributed by atoms with Crippen molar-refractivity contribution in [3.8, 4) is 5.75 Å². The van der Waals surface area contributed by atoms with Crippen LogP contribution in [-0.4, -0.2) is 19.6 Å². The van der Waals surface area contributed by atoms with Gasteiger partial charge in [-0.3, -0.25) is 4.79 Å². The van der Waals surface area contributed by atoms with E-state index in [-0.39, 0.29) is 36.2 Å². The van der Waals surface area contributed by atoms with E-state index in [1.54, 1.807) is 25.3 Å². The summed E-state index contributed by atoms with van der Waals surface area (Å²) in [5.74, 6) is 0.0556. The van der Waals surface area contributed by atoms with Crippen LogP contribution in [0, 0.1) is 5.82 Å². The maximum atomic E-state index is 14.5. The van der Waals surface area contributed by atoms with E-state index in [0.717, 1.165) is 17.7 Å². The number of anilines is 1. The number of carbonyl (C=O) groups excluding carboxylic acids is 1. The van der Waals surface area contributed by atoms with Crippen LogP contribution in [0.25, 0.3) is 0 Å². The molecule has 1 aliphatic rings. The Morgan fingerprint density at radius 1 is 1.35 bits per heavy atom. The number of methoxy groups -OCH3 is 1. The van der Waals surface area contributed by atoms with Gasteiger partial charge in [-0.25, -0.2) is 4.39 Å². The minimum atomic E-state index is -0.320. The molecule has 0 saturated heterocycles. The SMILES string of the molecule is COc1ccc(CCC(=O)Nc2ccc3c(c2F)CCNC3)cc1Cl.Cl. The van der Waals surface area contributed by atoms with E-state index < -0.39 is 0 Å². The molecule has 0 saturated carbocycles.